The van der Waals surface area contributed by atoms with Crippen LogP contribution in [0.15, 0.2) is 50.8 Å². The van der Waals surface area contributed by atoms with Gasteiger partial charge in [0.05, 0.1) is 12.5 Å². The van der Waals surface area contributed by atoms with Crippen LogP contribution in [-0.2, 0) is 24.6 Å². The van der Waals surface area contributed by atoms with Crippen molar-refractivity contribution >= 4 is 105 Å². The van der Waals surface area contributed by atoms with E-state index in [0.717, 1.165) is 42.3 Å². The van der Waals surface area contributed by atoms with Gasteiger partial charge in [-0.1, -0.05) is 106 Å². The van der Waals surface area contributed by atoms with E-state index in [1.165, 1.54) is 42.1 Å². The third-order valence-corrected chi connectivity index (χ3v) is 10.1. The number of aromatic amines is 2. The Balaban J connectivity index is 0.000000685. The van der Waals surface area contributed by atoms with Gasteiger partial charge in [0.1, 0.15) is 0 Å². The van der Waals surface area contributed by atoms with Crippen molar-refractivity contribution in [1.29, 1.82) is 0 Å². The van der Waals surface area contributed by atoms with E-state index in [9.17, 15) is 9.59 Å². The first-order valence-corrected chi connectivity index (χ1v) is 18.6. The molecule has 0 saturated carbocycles. The van der Waals surface area contributed by atoms with Crippen molar-refractivity contribution in [1.82, 2.24) is 39.0 Å². The molecule has 0 spiro atoms. The molecular weight excluding hydrogens is 800 g/mol. The molecule has 0 aliphatic carbocycles. The molecule has 0 aliphatic heterocycles. The second-order valence-corrected chi connectivity index (χ2v) is 16.1. The van der Waals surface area contributed by atoms with Crippen molar-refractivity contribution in [2.45, 2.75) is 90.0 Å². The first-order chi connectivity index (χ1) is 21.9. The van der Waals surface area contributed by atoms with Gasteiger partial charge in [0.15, 0.2) is 10.3 Å². The Morgan fingerprint density at radius 1 is 0.812 bits per heavy atom. The van der Waals surface area contributed by atoms with Gasteiger partial charge < -0.3 is 26.0 Å². The van der Waals surface area contributed by atoms with Crippen LogP contribution in [0.1, 0.15) is 56.4 Å². The van der Waals surface area contributed by atoms with Crippen LogP contribution in [0.4, 0.5) is 0 Å². The topological polar surface area (TPSA) is 127 Å². The molecule has 2 N–H and O–H groups in total. The number of thioether (sulfide) groups is 2. The summed E-state index contributed by atoms with van der Waals surface area (Å²) in [5, 5.41) is 1.75. The van der Waals surface area contributed by atoms with Gasteiger partial charge >= 0.3 is 18.9 Å². The van der Waals surface area contributed by atoms with E-state index in [4.69, 9.17) is 81.2 Å². The van der Waals surface area contributed by atoms with Gasteiger partial charge in [-0.25, -0.2) is 19.9 Å². The molecule has 0 amide bonds. The Kier molecular flexibility index (Phi) is 23.6. The summed E-state index contributed by atoms with van der Waals surface area (Å²) in [4.78, 5) is 44.7. The zero-order chi connectivity index (χ0) is 35.8. The summed E-state index contributed by atoms with van der Waals surface area (Å²) < 4.78 is 0.290. The number of imidazole rings is 2. The van der Waals surface area contributed by atoms with Gasteiger partial charge in [0, 0.05) is 65.7 Å². The quantitative estimate of drug-likeness (QED) is 0.0674. The number of unbranched alkanes of at least 4 members (excludes halogenated alkanes) is 1. The number of alkyl halides is 6. The van der Waals surface area contributed by atoms with E-state index in [0.29, 0.717) is 27.0 Å². The van der Waals surface area contributed by atoms with E-state index >= 15 is 0 Å². The van der Waals surface area contributed by atoms with Crippen molar-refractivity contribution < 1.29 is 18.9 Å². The maximum atomic E-state index is 11.3. The molecule has 48 heavy (non-hydrogen) atoms. The number of hydrogen-bond acceptors (Lipinski definition) is 8. The molecule has 262 valence electrons. The Bertz CT molecular complexity index is 1610. The largest absolute Gasteiger partial charge is 1.00 e. The summed E-state index contributed by atoms with van der Waals surface area (Å²) in [6.45, 7) is 15.1. The van der Waals surface area contributed by atoms with Gasteiger partial charge in [0.25, 0.3) is 11.1 Å². The van der Waals surface area contributed by atoms with Gasteiger partial charge in [-0.3, -0.25) is 9.59 Å². The SMILES string of the molecule is CCn1c(CSc2nc(C)cc(=O)[nH]2)cnc1Cl.CCn1cncc1CSc1nc(C)cc(=O)[nH]1.ClC(Cl)(Cl)C(Cl)(Cl)Cl.[CH2-]CCC.[Li+]. The number of H-pyrrole nitrogens is 2. The third-order valence-electron chi connectivity index (χ3n) is 5.43. The van der Waals surface area contributed by atoms with Gasteiger partial charge in [-0.15, -0.1) is 0 Å². The van der Waals surface area contributed by atoms with Crippen LogP contribution >= 0.6 is 105 Å². The summed E-state index contributed by atoms with van der Waals surface area (Å²) in [7, 11) is 0. The van der Waals surface area contributed by atoms with Gasteiger partial charge in [-0.2, -0.15) is 6.42 Å². The number of rotatable bonds is 9. The average molecular weight is 836 g/mol. The molecule has 0 saturated heterocycles. The predicted molar refractivity (Wildman–Crippen MR) is 200 cm³/mol. The van der Waals surface area contributed by atoms with Crippen molar-refractivity contribution in [3.63, 3.8) is 0 Å². The maximum absolute atomic E-state index is 11.3. The van der Waals surface area contributed by atoms with Crippen LogP contribution < -0.4 is 30.0 Å². The van der Waals surface area contributed by atoms with Gasteiger partial charge in [-0.05, 0) is 39.3 Å². The van der Waals surface area contributed by atoms with E-state index < -0.39 is 7.59 Å². The molecule has 20 heteroatoms. The Morgan fingerprint density at radius 3 is 1.65 bits per heavy atom. The van der Waals surface area contributed by atoms with Crippen LogP contribution in [0.2, 0.25) is 5.28 Å². The molecule has 0 radical (unpaired) electrons. The number of aryl methyl sites for hydroxylation is 3. The smallest absolute Gasteiger partial charge is 0.343 e. The maximum Gasteiger partial charge on any atom is 1.00 e. The van der Waals surface area contributed by atoms with Crippen LogP contribution in [-0.4, -0.2) is 46.6 Å². The Labute approximate surface area is 336 Å². The van der Waals surface area contributed by atoms with Crippen LogP contribution in [0.25, 0.3) is 0 Å². The zero-order valence-electron chi connectivity index (χ0n) is 27.3. The van der Waals surface area contributed by atoms with E-state index in [-0.39, 0.29) is 30.0 Å². The fourth-order valence-corrected chi connectivity index (χ4v) is 5.19. The number of aromatic nitrogens is 8. The molecule has 0 unspecified atom stereocenters. The summed E-state index contributed by atoms with van der Waals surface area (Å²) >= 11 is 39.8. The third kappa shape index (κ3) is 18.1. The van der Waals surface area contributed by atoms with Crippen molar-refractivity contribution in [3.8, 4) is 0 Å². The standard InChI is InChI=1S/C11H13ClN4OS.C11H14N4OS.C4H9.C2Cl6.Li/c1-3-16-8(5-13-10(16)12)6-18-11-14-7(2)4-9(17)15-11;1-3-15-7-12-5-9(15)6-17-11-13-8(2)4-10(16)14-11;1-3-4-2;3-1(4,5)2(6,7)8;/h4-5H,3,6H2,1-2H3,(H,14,15,17);4-5,7H,3,6H2,1-2H3,(H,13,14,16);1,3-4H2,2H3;;/q;;-1;;+1. The van der Waals surface area contributed by atoms with Crippen LogP contribution in [0.3, 0.4) is 0 Å². The number of nitrogens with one attached hydrogen (secondary N) is 2. The molecule has 10 nitrogen and oxygen atoms in total. The number of hydrogen-bond donors (Lipinski definition) is 2. The van der Waals surface area contributed by atoms with E-state index in [1.54, 1.807) is 13.1 Å². The molecule has 4 aromatic rings. The van der Waals surface area contributed by atoms with Crippen LogP contribution in [0, 0.1) is 20.8 Å². The molecule has 0 aromatic carbocycles. The van der Waals surface area contributed by atoms with Crippen molar-refractivity contribution in [3.05, 3.63) is 86.5 Å². The van der Waals surface area contributed by atoms with Crippen LogP contribution in [0.5, 0.6) is 0 Å². The number of nitrogens with zero attached hydrogens (tertiary/aromatic N) is 6. The number of halogens is 7. The summed E-state index contributed by atoms with van der Waals surface area (Å²) in [6.07, 6.45) is 7.67. The minimum absolute atomic E-state index is 0. The van der Waals surface area contributed by atoms with E-state index in [1.807, 2.05) is 30.9 Å². The fourth-order valence-electron chi connectivity index (χ4n) is 3.11. The Hall–Kier alpha value is -0.493. The van der Waals surface area contributed by atoms with E-state index in [2.05, 4.69) is 55.2 Å². The summed E-state index contributed by atoms with van der Waals surface area (Å²) in [5.74, 6) is 1.42. The fraction of sp³-hybridized carbons (Fsp3) is 0.464. The second kappa shape index (κ2) is 23.9. The molecular formula is C28H36Cl7LiN8O2S2. The molecule has 0 aliphatic rings. The Morgan fingerprint density at radius 2 is 1.27 bits per heavy atom. The first-order valence-electron chi connectivity index (χ1n) is 14.0. The molecule has 4 rings (SSSR count). The van der Waals surface area contributed by atoms with Crippen molar-refractivity contribution in [2.24, 2.45) is 0 Å². The molecule has 0 fully saturated rings. The van der Waals surface area contributed by atoms with Gasteiger partial charge in [0.2, 0.25) is 12.9 Å². The summed E-state index contributed by atoms with van der Waals surface area (Å²) in [5.41, 5.74) is 3.35. The second-order valence-electron chi connectivity index (χ2n) is 9.24. The molecule has 4 aromatic heterocycles. The van der Waals surface area contributed by atoms with Crippen molar-refractivity contribution in [2.75, 3.05) is 0 Å². The molecule has 4 heterocycles. The predicted octanol–water partition coefficient (Wildman–Crippen LogP) is 6.18. The normalized spacial score (nSPS) is 10.9. The monoisotopic (exact) mass is 832 g/mol. The zero-order valence-corrected chi connectivity index (χ0v) is 34.2. The average Bonchev–Trinajstić information content (AvgIpc) is 3.59. The molecule has 0 bridgehead atoms. The first kappa shape index (κ1) is 47.5. The molecule has 0 atom stereocenters. The summed E-state index contributed by atoms with van der Waals surface area (Å²) in [6, 6.07) is 2.96. The minimum Gasteiger partial charge on any atom is -0.343 e. The minimum atomic E-state index is -1.85.